The van der Waals surface area contributed by atoms with Gasteiger partial charge in [-0.3, -0.25) is 9.48 Å². The number of aryl methyl sites for hydroxylation is 1. The standard InChI is InChI=1S/C20H27N7O2/c1-26-12-15(10-23-26)16-11-24-27-18(21)9-17(25-19(16)27)13-3-5-14(6-4-13)20(29)22-7-2-8-28/h9-14,28H,2-8,21H2,1H3,(H,22,29). The van der Waals surface area contributed by atoms with Gasteiger partial charge in [0.1, 0.15) is 5.82 Å². The number of aromatic nitrogens is 5. The van der Waals surface area contributed by atoms with Crippen LogP contribution in [0.5, 0.6) is 0 Å². The zero-order chi connectivity index (χ0) is 20.4. The van der Waals surface area contributed by atoms with Gasteiger partial charge >= 0.3 is 0 Å². The Labute approximate surface area is 168 Å². The van der Waals surface area contributed by atoms with Crippen LogP contribution in [0.4, 0.5) is 5.82 Å². The minimum absolute atomic E-state index is 0.0342. The molecule has 1 fully saturated rings. The molecule has 4 N–H and O–H groups in total. The molecule has 1 saturated carbocycles. The number of hydrogen-bond acceptors (Lipinski definition) is 6. The molecule has 1 amide bonds. The van der Waals surface area contributed by atoms with E-state index in [1.807, 2.05) is 19.3 Å². The number of anilines is 1. The first kappa shape index (κ1) is 19.4. The first-order valence-electron chi connectivity index (χ1n) is 10.1. The van der Waals surface area contributed by atoms with Gasteiger partial charge < -0.3 is 16.2 Å². The van der Waals surface area contributed by atoms with Gasteiger partial charge in [-0.25, -0.2) is 4.98 Å². The molecule has 1 aliphatic rings. The lowest BCUT2D eigenvalue weighted by Gasteiger charge is -2.27. The summed E-state index contributed by atoms with van der Waals surface area (Å²) in [6.07, 6.45) is 9.55. The Morgan fingerprint density at radius 2 is 2.07 bits per heavy atom. The highest BCUT2D eigenvalue weighted by atomic mass is 16.3. The van der Waals surface area contributed by atoms with Gasteiger partial charge in [-0.2, -0.15) is 14.7 Å². The molecule has 0 bridgehead atoms. The predicted molar refractivity (Wildman–Crippen MR) is 109 cm³/mol. The number of carbonyl (C=O) groups is 1. The number of nitrogens with zero attached hydrogens (tertiary/aromatic N) is 5. The predicted octanol–water partition coefficient (Wildman–Crippen LogP) is 1.48. The molecule has 3 aromatic heterocycles. The normalized spacial score (nSPS) is 19.5. The fraction of sp³-hybridized carbons (Fsp3) is 0.500. The summed E-state index contributed by atoms with van der Waals surface area (Å²) in [5.74, 6) is 0.964. The molecule has 9 nitrogen and oxygen atoms in total. The van der Waals surface area contributed by atoms with E-state index < -0.39 is 0 Å². The molecule has 0 aliphatic heterocycles. The second-order valence-corrected chi connectivity index (χ2v) is 7.72. The van der Waals surface area contributed by atoms with Crippen molar-refractivity contribution in [1.82, 2.24) is 29.7 Å². The van der Waals surface area contributed by atoms with Crippen molar-refractivity contribution in [2.75, 3.05) is 18.9 Å². The molecule has 1 aliphatic carbocycles. The minimum atomic E-state index is 0.0342. The van der Waals surface area contributed by atoms with Crippen molar-refractivity contribution in [3.8, 4) is 11.1 Å². The summed E-state index contributed by atoms with van der Waals surface area (Å²) in [6.45, 7) is 0.626. The summed E-state index contributed by atoms with van der Waals surface area (Å²) < 4.78 is 3.41. The first-order valence-corrected chi connectivity index (χ1v) is 10.1. The topological polar surface area (TPSA) is 123 Å². The minimum Gasteiger partial charge on any atom is -0.396 e. The van der Waals surface area contributed by atoms with Crippen LogP contribution < -0.4 is 11.1 Å². The third-order valence-corrected chi connectivity index (χ3v) is 5.69. The van der Waals surface area contributed by atoms with E-state index in [1.165, 1.54) is 0 Å². The summed E-state index contributed by atoms with van der Waals surface area (Å²) in [5, 5.41) is 20.4. The maximum atomic E-state index is 12.3. The van der Waals surface area contributed by atoms with E-state index in [9.17, 15) is 4.79 Å². The second-order valence-electron chi connectivity index (χ2n) is 7.72. The lowest BCUT2D eigenvalue weighted by molar-refractivity contribution is -0.126. The highest BCUT2D eigenvalue weighted by Gasteiger charge is 2.28. The summed E-state index contributed by atoms with van der Waals surface area (Å²) in [6, 6.07) is 1.90. The van der Waals surface area contributed by atoms with E-state index in [4.69, 9.17) is 15.8 Å². The molecule has 9 heteroatoms. The number of aliphatic hydroxyl groups excluding tert-OH is 1. The maximum Gasteiger partial charge on any atom is 0.223 e. The van der Waals surface area contributed by atoms with Crippen molar-refractivity contribution in [2.24, 2.45) is 13.0 Å². The van der Waals surface area contributed by atoms with Crippen molar-refractivity contribution in [3.63, 3.8) is 0 Å². The van der Waals surface area contributed by atoms with Crippen LogP contribution in [0, 0.1) is 5.92 Å². The first-order chi connectivity index (χ1) is 14.1. The van der Waals surface area contributed by atoms with Gasteiger partial charge in [-0.05, 0) is 32.1 Å². The van der Waals surface area contributed by atoms with Gasteiger partial charge in [0.05, 0.1) is 12.4 Å². The van der Waals surface area contributed by atoms with Gasteiger partial charge in [-0.15, -0.1) is 0 Å². The molecule has 29 heavy (non-hydrogen) atoms. The van der Waals surface area contributed by atoms with E-state index in [-0.39, 0.29) is 24.3 Å². The molecule has 0 spiro atoms. The molecule has 154 valence electrons. The average molecular weight is 397 g/mol. The quantitative estimate of drug-likeness (QED) is 0.542. The van der Waals surface area contributed by atoms with Crippen LogP contribution in [-0.4, -0.2) is 48.5 Å². The van der Waals surface area contributed by atoms with Crippen molar-refractivity contribution in [1.29, 1.82) is 0 Å². The van der Waals surface area contributed by atoms with Crippen molar-refractivity contribution in [3.05, 3.63) is 30.4 Å². The van der Waals surface area contributed by atoms with Gasteiger partial charge in [0.15, 0.2) is 5.65 Å². The largest absolute Gasteiger partial charge is 0.396 e. The Balaban J connectivity index is 1.51. The molecular formula is C20H27N7O2. The van der Waals surface area contributed by atoms with Gasteiger partial charge in [0.2, 0.25) is 5.91 Å². The lowest BCUT2D eigenvalue weighted by Crippen LogP contribution is -2.33. The lowest BCUT2D eigenvalue weighted by atomic mass is 9.80. The van der Waals surface area contributed by atoms with Crippen LogP contribution in [0.2, 0.25) is 0 Å². The van der Waals surface area contributed by atoms with E-state index in [1.54, 1.807) is 21.6 Å². The average Bonchev–Trinajstić information content (AvgIpc) is 3.34. The highest BCUT2D eigenvalue weighted by molar-refractivity contribution is 5.79. The summed E-state index contributed by atoms with van der Waals surface area (Å²) in [7, 11) is 1.88. The van der Waals surface area contributed by atoms with Crippen LogP contribution >= 0.6 is 0 Å². The Hall–Kier alpha value is -2.94. The van der Waals surface area contributed by atoms with Gasteiger partial charge in [0, 0.05) is 61.1 Å². The number of hydrogen-bond donors (Lipinski definition) is 3. The van der Waals surface area contributed by atoms with Crippen molar-refractivity contribution >= 4 is 17.4 Å². The third-order valence-electron chi connectivity index (χ3n) is 5.69. The van der Waals surface area contributed by atoms with Crippen LogP contribution in [0.25, 0.3) is 16.8 Å². The summed E-state index contributed by atoms with van der Waals surface area (Å²) in [4.78, 5) is 17.2. The Bertz CT molecular complexity index is 1000. The monoisotopic (exact) mass is 397 g/mol. The number of aliphatic hydroxyl groups is 1. The van der Waals surface area contributed by atoms with Crippen LogP contribution in [0.3, 0.4) is 0 Å². The number of rotatable bonds is 6. The molecule has 3 heterocycles. The Kier molecular flexibility index (Phi) is 5.48. The fourth-order valence-corrected chi connectivity index (χ4v) is 4.07. The molecule has 0 radical (unpaired) electrons. The van der Waals surface area contributed by atoms with E-state index in [2.05, 4.69) is 15.5 Å². The number of fused-ring (bicyclic) bond motifs is 1. The number of nitrogens with one attached hydrogen (secondary N) is 1. The molecule has 0 atom stereocenters. The summed E-state index contributed by atoms with van der Waals surface area (Å²) >= 11 is 0. The zero-order valence-corrected chi connectivity index (χ0v) is 16.6. The second kappa shape index (κ2) is 8.20. The van der Waals surface area contributed by atoms with Crippen LogP contribution in [0.1, 0.15) is 43.7 Å². The van der Waals surface area contributed by atoms with Gasteiger partial charge in [0.25, 0.3) is 0 Å². The third kappa shape index (κ3) is 3.95. The molecule has 0 saturated heterocycles. The number of carbonyl (C=O) groups excluding carboxylic acids is 1. The number of amides is 1. The number of nitrogens with two attached hydrogens (primary N) is 1. The van der Waals surface area contributed by atoms with Crippen molar-refractivity contribution in [2.45, 2.75) is 38.0 Å². The zero-order valence-electron chi connectivity index (χ0n) is 16.6. The molecule has 4 rings (SSSR count). The van der Waals surface area contributed by atoms with E-state index in [0.717, 1.165) is 48.2 Å². The van der Waals surface area contributed by atoms with E-state index >= 15 is 0 Å². The molecule has 3 aromatic rings. The number of nitrogen functional groups attached to an aromatic ring is 1. The molecule has 0 unspecified atom stereocenters. The maximum absolute atomic E-state index is 12.3. The Morgan fingerprint density at radius 3 is 2.76 bits per heavy atom. The molecule has 0 aromatic carbocycles. The Morgan fingerprint density at radius 1 is 1.28 bits per heavy atom. The van der Waals surface area contributed by atoms with Crippen LogP contribution in [-0.2, 0) is 11.8 Å². The van der Waals surface area contributed by atoms with Crippen LogP contribution in [0.15, 0.2) is 24.7 Å². The SMILES string of the molecule is Cn1cc(-c2cnn3c(N)cc(C4CCC(C(=O)NCCCO)CC4)nc23)cn1. The van der Waals surface area contributed by atoms with Gasteiger partial charge in [-0.1, -0.05) is 0 Å². The smallest absolute Gasteiger partial charge is 0.223 e. The highest BCUT2D eigenvalue weighted by Crippen LogP contribution is 2.36. The van der Waals surface area contributed by atoms with E-state index in [0.29, 0.717) is 18.8 Å². The summed E-state index contributed by atoms with van der Waals surface area (Å²) in [5.41, 5.74) is 9.81. The van der Waals surface area contributed by atoms with Crippen molar-refractivity contribution < 1.29 is 9.90 Å². The fourth-order valence-electron chi connectivity index (χ4n) is 4.07. The molecular weight excluding hydrogens is 370 g/mol.